The quantitative estimate of drug-likeness (QED) is 0.623. The summed E-state index contributed by atoms with van der Waals surface area (Å²) in [6.07, 6.45) is 1.09. The molecule has 0 bridgehead atoms. The molecule has 0 radical (unpaired) electrons. The smallest absolute Gasteiger partial charge is 0.255 e. The first-order valence-corrected chi connectivity index (χ1v) is 8.65. The van der Waals surface area contributed by atoms with Crippen molar-refractivity contribution in [1.82, 2.24) is 10.2 Å². The molecule has 1 aromatic carbocycles. The highest BCUT2D eigenvalue weighted by molar-refractivity contribution is 9.10. The number of carbonyl (C=O) groups excluding carboxylic acids is 1. The lowest BCUT2D eigenvalue weighted by Crippen LogP contribution is -2.37. The minimum atomic E-state index is -0.475. The number of amides is 1. The third kappa shape index (κ3) is 6.87. The molecule has 128 valence electrons. The number of primary amides is 1. The second-order valence-corrected chi connectivity index (χ2v) is 6.41. The van der Waals surface area contributed by atoms with Crippen LogP contribution in [0.15, 0.2) is 22.7 Å². The summed E-state index contributed by atoms with van der Waals surface area (Å²) in [6.45, 7) is 6.33. The van der Waals surface area contributed by atoms with E-state index in [0.29, 0.717) is 12.3 Å². The molecule has 2 rings (SSSR count). The van der Waals surface area contributed by atoms with E-state index >= 15 is 0 Å². The minimum absolute atomic E-state index is 0.105. The number of halogens is 1. The van der Waals surface area contributed by atoms with Crippen LogP contribution >= 0.6 is 15.9 Å². The topological polar surface area (TPSA) is 76.8 Å². The lowest BCUT2D eigenvalue weighted by atomic mass is 10.2. The van der Waals surface area contributed by atoms with Crippen LogP contribution in [0.25, 0.3) is 0 Å². The number of nitrogens with zero attached hydrogens (tertiary/aromatic N) is 1. The van der Waals surface area contributed by atoms with Gasteiger partial charge in [-0.05, 0) is 37.7 Å². The van der Waals surface area contributed by atoms with Crippen LogP contribution < -0.4 is 15.8 Å². The Morgan fingerprint density at radius 1 is 1.39 bits per heavy atom. The maximum atomic E-state index is 10.9. The van der Waals surface area contributed by atoms with E-state index in [4.69, 9.17) is 15.2 Å². The van der Waals surface area contributed by atoms with E-state index in [0.717, 1.165) is 55.8 Å². The maximum Gasteiger partial charge on any atom is 0.255 e. The van der Waals surface area contributed by atoms with Gasteiger partial charge >= 0.3 is 0 Å². The van der Waals surface area contributed by atoms with Gasteiger partial charge in [0.15, 0.2) is 6.61 Å². The Morgan fingerprint density at radius 3 is 2.91 bits per heavy atom. The van der Waals surface area contributed by atoms with Crippen LogP contribution in [-0.2, 0) is 16.1 Å². The van der Waals surface area contributed by atoms with E-state index in [1.54, 1.807) is 0 Å². The molecule has 1 aliphatic rings. The van der Waals surface area contributed by atoms with Gasteiger partial charge in [0.05, 0.1) is 13.2 Å². The number of ether oxygens (including phenoxy) is 2. The molecule has 1 heterocycles. The van der Waals surface area contributed by atoms with Gasteiger partial charge in [-0.25, -0.2) is 0 Å². The molecular formula is C16H24BrN3O3. The van der Waals surface area contributed by atoms with Crippen molar-refractivity contribution in [3.05, 3.63) is 28.2 Å². The molecule has 1 saturated heterocycles. The lowest BCUT2D eigenvalue weighted by molar-refractivity contribution is -0.119. The second kappa shape index (κ2) is 9.87. The molecule has 7 heteroatoms. The van der Waals surface area contributed by atoms with Gasteiger partial charge in [-0.3, -0.25) is 9.69 Å². The molecule has 23 heavy (non-hydrogen) atoms. The highest BCUT2D eigenvalue weighted by Crippen LogP contribution is 2.23. The number of carbonyl (C=O) groups is 1. The predicted octanol–water partition coefficient (Wildman–Crippen LogP) is 1.13. The SMILES string of the molecule is NC(=O)COc1ccc(Br)cc1CNCCCN1CCOCC1. The van der Waals surface area contributed by atoms with Crippen molar-refractivity contribution >= 4 is 21.8 Å². The van der Waals surface area contributed by atoms with Gasteiger partial charge in [0, 0.05) is 29.7 Å². The van der Waals surface area contributed by atoms with Crippen LogP contribution in [0, 0.1) is 0 Å². The zero-order valence-electron chi connectivity index (χ0n) is 13.2. The third-order valence-electron chi connectivity index (χ3n) is 3.64. The normalized spacial score (nSPS) is 15.5. The van der Waals surface area contributed by atoms with Gasteiger partial charge in [-0.1, -0.05) is 15.9 Å². The Balaban J connectivity index is 1.73. The third-order valence-corrected chi connectivity index (χ3v) is 4.13. The van der Waals surface area contributed by atoms with E-state index in [1.165, 1.54) is 0 Å². The first-order valence-electron chi connectivity index (χ1n) is 7.85. The number of hydrogen-bond donors (Lipinski definition) is 2. The molecule has 6 nitrogen and oxygen atoms in total. The van der Waals surface area contributed by atoms with Gasteiger partial charge in [0.2, 0.25) is 0 Å². The summed E-state index contributed by atoms with van der Waals surface area (Å²) in [5.41, 5.74) is 6.13. The fourth-order valence-corrected chi connectivity index (χ4v) is 2.86. The molecule has 0 saturated carbocycles. The van der Waals surface area contributed by atoms with E-state index < -0.39 is 5.91 Å². The Morgan fingerprint density at radius 2 is 2.17 bits per heavy atom. The Hall–Kier alpha value is -1.15. The summed E-state index contributed by atoms with van der Waals surface area (Å²) in [4.78, 5) is 13.3. The van der Waals surface area contributed by atoms with Crippen molar-refractivity contribution in [2.45, 2.75) is 13.0 Å². The highest BCUT2D eigenvalue weighted by atomic mass is 79.9. The van der Waals surface area contributed by atoms with Crippen molar-refractivity contribution in [3.63, 3.8) is 0 Å². The summed E-state index contributed by atoms with van der Waals surface area (Å²) in [5.74, 6) is 0.213. The van der Waals surface area contributed by atoms with Gasteiger partial charge in [-0.2, -0.15) is 0 Å². The Bertz CT molecular complexity index is 507. The molecule has 1 aliphatic heterocycles. The van der Waals surface area contributed by atoms with Gasteiger partial charge in [0.25, 0.3) is 5.91 Å². The number of morpholine rings is 1. The number of nitrogens with one attached hydrogen (secondary N) is 1. The monoisotopic (exact) mass is 385 g/mol. The standard InChI is InChI=1S/C16H24BrN3O3/c17-14-2-3-15(23-12-16(18)21)13(10-14)11-19-4-1-5-20-6-8-22-9-7-20/h2-3,10,19H,1,4-9,11-12H2,(H2,18,21). The summed E-state index contributed by atoms with van der Waals surface area (Å²) in [6, 6.07) is 5.72. The average Bonchev–Trinajstić information content (AvgIpc) is 2.54. The molecule has 0 aromatic heterocycles. The van der Waals surface area contributed by atoms with Crippen molar-refractivity contribution in [2.24, 2.45) is 5.73 Å². The van der Waals surface area contributed by atoms with Crippen LogP contribution in [0.1, 0.15) is 12.0 Å². The van der Waals surface area contributed by atoms with Crippen molar-refractivity contribution < 1.29 is 14.3 Å². The van der Waals surface area contributed by atoms with Crippen LogP contribution in [-0.4, -0.2) is 56.8 Å². The highest BCUT2D eigenvalue weighted by Gasteiger charge is 2.09. The van der Waals surface area contributed by atoms with E-state index in [-0.39, 0.29) is 6.61 Å². The zero-order valence-corrected chi connectivity index (χ0v) is 14.8. The molecule has 3 N–H and O–H groups in total. The van der Waals surface area contributed by atoms with E-state index in [1.807, 2.05) is 18.2 Å². The molecule has 1 amide bonds. The second-order valence-electron chi connectivity index (χ2n) is 5.49. The summed E-state index contributed by atoms with van der Waals surface area (Å²) in [5, 5.41) is 3.42. The molecule has 0 unspecified atom stereocenters. The summed E-state index contributed by atoms with van der Waals surface area (Å²) in [7, 11) is 0. The molecular weight excluding hydrogens is 362 g/mol. The van der Waals surface area contributed by atoms with Crippen molar-refractivity contribution in [3.8, 4) is 5.75 Å². The van der Waals surface area contributed by atoms with E-state index in [2.05, 4.69) is 26.1 Å². The maximum absolute atomic E-state index is 10.9. The number of nitrogens with two attached hydrogens (primary N) is 1. The first kappa shape index (κ1) is 18.2. The number of rotatable bonds is 9. The van der Waals surface area contributed by atoms with Crippen LogP contribution in [0.2, 0.25) is 0 Å². The van der Waals surface area contributed by atoms with Crippen LogP contribution in [0.5, 0.6) is 5.75 Å². The molecule has 1 fully saturated rings. The fourth-order valence-electron chi connectivity index (χ4n) is 2.45. The number of hydrogen-bond acceptors (Lipinski definition) is 5. The molecule has 0 atom stereocenters. The van der Waals surface area contributed by atoms with Gasteiger partial charge in [-0.15, -0.1) is 0 Å². The molecule has 0 aliphatic carbocycles. The lowest BCUT2D eigenvalue weighted by Gasteiger charge is -2.26. The zero-order chi connectivity index (χ0) is 16.5. The summed E-state index contributed by atoms with van der Waals surface area (Å²) < 4.78 is 11.8. The molecule has 0 spiro atoms. The minimum Gasteiger partial charge on any atom is -0.483 e. The van der Waals surface area contributed by atoms with Crippen LogP contribution in [0.4, 0.5) is 0 Å². The predicted molar refractivity (Wildman–Crippen MR) is 92.4 cm³/mol. The van der Waals surface area contributed by atoms with Crippen molar-refractivity contribution in [1.29, 1.82) is 0 Å². The van der Waals surface area contributed by atoms with E-state index in [9.17, 15) is 4.79 Å². The van der Waals surface area contributed by atoms with Crippen LogP contribution in [0.3, 0.4) is 0 Å². The fraction of sp³-hybridized carbons (Fsp3) is 0.562. The van der Waals surface area contributed by atoms with Gasteiger partial charge < -0.3 is 20.5 Å². The van der Waals surface area contributed by atoms with Gasteiger partial charge in [0.1, 0.15) is 5.75 Å². The average molecular weight is 386 g/mol. The summed E-state index contributed by atoms with van der Waals surface area (Å²) >= 11 is 3.46. The first-order chi connectivity index (χ1) is 11.1. The van der Waals surface area contributed by atoms with Crippen molar-refractivity contribution in [2.75, 3.05) is 46.0 Å². The molecule has 1 aromatic rings. The Labute approximate surface area is 145 Å². The number of benzene rings is 1. The largest absolute Gasteiger partial charge is 0.483 e. The Kier molecular flexibility index (Phi) is 7.81.